The van der Waals surface area contributed by atoms with Gasteiger partial charge in [0.05, 0.1) is 6.57 Å². The van der Waals surface area contributed by atoms with Crippen LogP contribution >= 0.6 is 11.3 Å². The summed E-state index contributed by atoms with van der Waals surface area (Å²) in [5.74, 6) is 0. The van der Waals surface area contributed by atoms with E-state index >= 15 is 0 Å². The van der Waals surface area contributed by atoms with Crippen molar-refractivity contribution in [2.24, 2.45) is 0 Å². The molecule has 1 aromatic heterocycles. The highest BCUT2D eigenvalue weighted by Crippen LogP contribution is 2.47. The molecule has 10 aromatic carbocycles. The van der Waals surface area contributed by atoms with Gasteiger partial charge in [-0.25, -0.2) is 4.85 Å². The third-order valence-corrected chi connectivity index (χ3v) is 12.0. The highest BCUT2D eigenvalue weighted by Gasteiger charge is 2.17. The number of hydrogen-bond acceptors (Lipinski definition) is 1. The van der Waals surface area contributed by atoms with Crippen LogP contribution in [0.25, 0.3) is 112 Å². The van der Waals surface area contributed by atoms with Crippen molar-refractivity contribution in [2.45, 2.75) is 0 Å². The van der Waals surface area contributed by atoms with Crippen LogP contribution in [-0.2, 0) is 0 Å². The van der Waals surface area contributed by atoms with E-state index in [-0.39, 0.29) is 0 Å². The standard InChI is InChI=1S/C49H27NS/c1-50-35-21-18-29(19-22-35)30-14-15-32-25-33(17-16-31(32)24-30)34-20-23-40-43(26-34)38-10-2-3-11-39(38)44-27-46-47(28-45(40)44)51-49-42-13-7-5-9-37(42)36-8-4-6-12-41(36)48(46)49/h2-28H. The van der Waals surface area contributed by atoms with E-state index in [2.05, 4.69) is 144 Å². The van der Waals surface area contributed by atoms with E-state index in [0.29, 0.717) is 5.69 Å². The van der Waals surface area contributed by atoms with E-state index in [4.69, 9.17) is 6.57 Å². The highest BCUT2D eigenvalue weighted by molar-refractivity contribution is 7.27. The van der Waals surface area contributed by atoms with Gasteiger partial charge in [0.1, 0.15) is 0 Å². The maximum absolute atomic E-state index is 7.26. The van der Waals surface area contributed by atoms with Crippen molar-refractivity contribution in [3.63, 3.8) is 0 Å². The molecule has 0 bridgehead atoms. The van der Waals surface area contributed by atoms with Crippen LogP contribution in [-0.4, -0.2) is 0 Å². The fourth-order valence-electron chi connectivity index (χ4n) is 8.37. The van der Waals surface area contributed by atoms with E-state index in [0.717, 1.165) is 11.1 Å². The first-order valence-electron chi connectivity index (χ1n) is 17.3. The van der Waals surface area contributed by atoms with Crippen molar-refractivity contribution in [3.05, 3.63) is 175 Å². The lowest BCUT2D eigenvalue weighted by Crippen LogP contribution is -1.86. The van der Waals surface area contributed by atoms with Gasteiger partial charge in [0.25, 0.3) is 0 Å². The molecule has 234 valence electrons. The second-order valence-corrected chi connectivity index (χ2v) is 14.6. The Bertz CT molecular complexity index is 3300. The smallest absolute Gasteiger partial charge is 0.187 e. The minimum atomic E-state index is 0.663. The first-order valence-corrected chi connectivity index (χ1v) is 18.1. The number of fused-ring (bicyclic) bond motifs is 15. The number of rotatable bonds is 2. The Morgan fingerprint density at radius 2 is 0.824 bits per heavy atom. The molecule has 1 heterocycles. The Morgan fingerprint density at radius 3 is 1.49 bits per heavy atom. The van der Waals surface area contributed by atoms with Crippen molar-refractivity contribution >= 4 is 102 Å². The summed E-state index contributed by atoms with van der Waals surface area (Å²) in [5, 5.41) is 18.2. The van der Waals surface area contributed by atoms with E-state index < -0.39 is 0 Å². The monoisotopic (exact) mass is 661 g/mol. The van der Waals surface area contributed by atoms with E-state index in [9.17, 15) is 0 Å². The lowest BCUT2D eigenvalue weighted by Gasteiger charge is -2.13. The summed E-state index contributed by atoms with van der Waals surface area (Å²) >= 11 is 1.93. The molecule has 0 N–H and O–H groups in total. The van der Waals surface area contributed by atoms with Gasteiger partial charge >= 0.3 is 0 Å². The molecule has 0 aliphatic rings. The second kappa shape index (κ2) is 10.7. The first-order chi connectivity index (χ1) is 25.2. The van der Waals surface area contributed by atoms with Gasteiger partial charge in [-0.15, -0.1) is 11.3 Å². The number of benzene rings is 10. The molecule has 0 aliphatic heterocycles. The number of thiophene rings is 1. The topological polar surface area (TPSA) is 4.36 Å². The minimum Gasteiger partial charge on any atom is -0.238 e. The van der Waals surface area contributed by atoms with Gasteiger partial charge in [-0.2, -0.15) is 0 Å². The molecule has 2 heteroatoms. The average Bonchev–Trinajstić information content (AvgIpc) is 3.59. The van der Waals surface area contributed by atoms with E-state index in [1.807, 2.05) is 35.6 Å². The lowest BCUT2D eigenvalue weighted by molar-refractivity contribution is 1.64. The predicted molar refractivity (Wildman–Crippen MR) is 222 cm³/mol. The molecule has 0 atom stereocenters. The Hall–Kier alpha value is -6.53. The Balaban J connectivity index is 1.11. The molecular formula is C49H27NS. The van der Waals surface area contributed by atoms with Crippen molar-refractivity contribution in [1.29, 1.82) is 0 Å². The van der Waals surface area contributed by atoms with Crippen LogP contribution in [0.2, 0.25) is 0 Å². The van der Waals surface area contributed by atoms with Gasteiger partial charge in [0.2, 0.25) is 0 Å². The fourth-order valence-corrected chi connectivity index (χ4v) is 9.64. The third-order valence-electron chi connectivity index (χ3n) is 10.8. The molecule has 0 aliphatic carbocycles. The van der Waals surface area contributed by atoms with Gasteiger partial charge in [-0.3, -0.25) is 0 Å². The van der Waals surface area contributed by atoms with Crippen LogP contribution < -0.4 is 0 Å². The summed E-state index contributed by atoms with van der Waals surface area (Å²) in [6.45, 7) is 7.26. The summed E-state index contributed by atoms with van der Waals surface area (Å²) in [6, 6.07) is 59.9. The average molecular weight is 662 g/mol. The molecule has 0 saturated carbocycles. The lowest BCUT2D eigenvalue weighted by atomic mass is 9.90. The zero-order valence-corrected chi connectivity index (χ0v) is 28.3. The molecule has 11 aromatic rings. The quantitative estimate of drug-likeness (QED) is 0.128. The van der Waals surface area contributed by atoms with Crippen LogP contribution in [0.5, 0.6) is 0 Å². The SMILES string of the molecule is [C-]#[N+]c1ccc(-c2ccc3cc(-c4ccc5c(c4)c4ccccc4c4cc6c(cc54)sc4c5ccccc5c5ccccc5c64)ccc3c2)cc1. The summed E-state index contributed by atoms with van der Waals surface area (Å²) < 4.78 is 2.70. The number of hydrogen-bond donors (Lipinski definition) is 0. The summed E-state index contributed by atoms with van der Waals surface area (Å²) in [7, 11) is 0. The van der Waals surface area contributed by atoms with Crippen LogP contribution in [0.4, 0.5) is 5.69 Å². The molecule has 1 nitrogen and oxygen atoms in total. The molecule has 0 radical (unpaired) electrons. The van der Waals surface area contributed by atoms with Gasteiger partial charge in [0.15, 0.2) is 5.69 Å². The molecule has 0 spiro atoms. The van der Waals surface area contributed by atoms with Crippen molar-refractivity contribution in [1.82, 2.24) is 0 Å². The van der Waals surface area contributed by atoms with Crippen molar-refractivity contribution < 1.29 is 0 Å². The Morgan fingerprint density at radius 1 is 0.353 bits per heavy atom. The normalized spacial score (nSPS) is 11.9. The third kappa shape index (κ3) is 4.20. The summed E-state index contributed by atoms with van der Waals surface area (Å²) in [4.78, 5) is 3.53. The van der Waals surface area contributed by atoms with Crippen LogP contribution in [0, 0.1) is 6.57 Å². The summed E-state index contributed by atoms with van der Waals surface area (Å²) in [5.41, 5.74) is 5.37. The Kier molecular flexibility index (Phi) is 5.96. The van der Waals surface area contributed by atoms with Crippen molar-refractivity contribution in [2.75, 3.05) is 0 Å². The zero-order chi connectivity index (χ0) is 33.6. The molecular weight excluding hydrogens is 635 g/mol. The largest absolute Gasteiger partial charge is 0.238 e. The van der Waals surface area contributed by atoms with Crippen LogP contribution in [0.3, 0.4) is 0 Å². The molecule has 0 unspecified atom stereocenters. The second-order valence-electron chi connectivity index (χ2n) is 13.5. The van der Waals surface area contributed by atoms with Gasteiger partial charge in [-0.05, 0) is 112 Å². The molecule has 0 fully saturated rings. The predicted octanol–water partition coefficient (Wildman–Crippen LogP) is 14.9. The van der Waals surface area contributed by atoms with Gasteiger partial charge < -0.3 is 0 Å². The molecule has 0 saturated heterocycles. The highest BCUT2D eigenvalue weighted by atomic mass is 32.1. The van der Waals surface area contributed by atoms with Gasteiger partial charge in [-0.1, -0.05) is 133 Å². The maximum atomic E-state index is 7.26. The molecule has 11 rings (SSSR count). The van der Waals surface area contributed by atoms with E-state index in [1.54, 1.807) is 0 Å². The summed E-state index contributed by atoms with van der Waals surface area (Å²) in [6.07, 6.45) is 0. The van der Waals surface area contributed by atoms with Crippen LogP contribution in [0.1, 0.15) is 0 Å². The van der Waals surface area contributed by atoms with E-state index in [1.165, 1.54) is 95.9 Å². The van der Waals surface area contributed by atoms with Gasteiger partial charge in [0, 0.05) is 25.6 Å². The molecule has 51 heavy (non-hydrogen) atoms. The minimum absolute atomic E-state index is 0.663. The zero-order valence-electron chi connectivity index (χ0n) is 27.4. The molecule has 0 amide bonds. The first kappa shape index (κ1) is 28.3. The number of nitrogens with zero attached hydrogens (tertiary/aromatic N) is 1. The Labute approximate surface area is 298 Å². The van der Waals surface area contributed by atoms with Crippen molar-refractivity contribution in [3.8, 4) is 22.3 Å². The fraction of sp³-hybridized carbons (Fsp3) is 0. The maximum Gasteiger partial charge on any atom is 0.187 e. The van der Waals surface area contributed by atoms with Crippen LogP contribution in [0.15, 0.2) is 164 Å².